The van der Waals surface area contributed by atoms with Crippen LogP contribution in [0.4, 0.5) is 10.3 Å². The van der Waals surface area contributed by atoms with Gasteiger partial charge in [-0.3, -0.25) is 4.79 Å². The predicted molar refractivity (Wildman–Crippen MR) is 96.4 cm³/mol. The number of hydrogen-bond acceptors (Lipinski definition) is 4. The Morgan fingerprint density at radius 2 is 1.92 bits per heavy atom. The highest BCUT2D eigenvalue weighted by atomic mass is 19.1. The maximum absolute atomic E-state index is 14.3. The number of aromatic nitrogens is 2. The molecule has 0 bridgehead atoms. The summed E-state index contributed by atoms with van der Waals surface area (Å²) in [4.78, 5) is 19.5. The van der Waals surface area contributed by atoms with Crippen molar-refractivity contribution < 1.29 is 14.3 Å². The minimum atomic E-state index is -0.723. The zero-order valence-corrected chi connectivity index (χ0v) is 14.5. The van der Waals surface area contributed by atoms with Crippen molar-refractivity contribution in [3.63, 3.8) is 0 Å². The van der Waals surface area contributed by atoms with E-state index in [9.17, 15) is 9.18 Å². The van der Waals surface area contributed by atoms with Gasteiger partial charge in [0.15, 0.2) is 5.82 Å². The van der Waals surface area contributed by atoms with Crippen molar-refractivity contribution in [2.24, 2.45) is 5.92 Å². The molecule has 0 atom stereocenters. The van der Waals surface area contributed by atoms with Gasteiger partial charge in [-0.05, 0) is 56.1 Å². The van der Waals surface area contributed by atoms with E-state index in [0.29, 0.717) is 30.4 Å². The first-order valence-corrected chi connectivity index (χ1v) is 9.22. The lowest BCUT2D eigenvalue weighted by molar-refractivity contribution is -0.142. The van der Waals surface area contributed by atoms with Crippen molar-refractivity contribution in [2.75, 3.05) is 5.32 Å². The molecule has 2 saturated carbocycles. The highest BCUT2D eigenvalue weighted by Crippen LogP contribution is 2.41. The summed E-state index contributed by atoms with van der Waals surface area (Å²) in [5, 5.41) is 12.3. The minimum Gasteiger partial charge on any atom is -0.481 e. The highest BCUT2D eigenvalue weighted by Gasteiger charge is 2.27. The molecule has 6 heteroatoms. The van der Waals surface area contributed by atoms with E-state index in [2.05, 4.69) is 21.4 Å². The van der Waals surface area contributed by atoms with E-state index in [1.165, 1.54) is 24.6 Å². The van der Waals surface area contributed by atoms with E-state index in [4.69, 9.17) is 5.11 Å². The van der Waals surface area contributed by atoms with Crippen LogP contribution in [0, 0.1) is 11.7 Å². The molecule has 0 amide bonds. The third kappa shape index (κ3) is 3.69. The van der Waals surface area contributed by atoms with E-state index in [-0.39, 0.29) is 12.0 Å². The number of benzene rings is 1. The van der Waals surface area contributed by atoms with Crippen LogP contribution in [-0.2, 0) is 4.79 Å². The Balaban J connectivity index is 1.50. The third-order valence-corrected chi connectivity index (χ3v) is 5.36. The van der Waals surface area contributed by atoms with Crippen molar-refractivity contribution in [1.82, 2.24) is 9.97 Å². The first-order valence-electron chi connectivity index (χ1n) is 9.22. The van der Waals surface area contributed by atoms with Crippen LogP contribution < -0.4 is 5.32 Å². The Kier molecular flexibility index (Phi) is 4.57. The van der Waals surface area contributed by atoms with E-state index < -0.39 is 11.8 Å². The number of nitrogens with one attached hydrogen (secondary N) is 1. The van der Waals surface area contributed by atoms with Crippen LogP contribution in [0.15, 0.2) is 30.5 Å². The van der Waals surface area contributed by atoms with Crippen LogP contribution in [0.5, 0.6) is 0 Å². The van der Waals surface area contributed by atoms with E-state index in [1.807, 2.05) is 18.2 Å². The fourth-order valence-electron chi connectivity index (χ4n) is 3.66. The Morgan fingerprint density at radius 1 is 1.15 bits per heavy atom. The number of aliphatic carboxylic acids is 1. The van der Waals surface area contributed by atoms with Gasteiger partial charge >= 0.3 is 5.97 Å². The lowest BCUT2D eigenvalue weighted by Crippen LogP contribution is -2.29. The second-order valence-electron chi connectivity index (χ2n) is 7.32. The van der Waals surface area contributed by atoms with Gasteiger partial charge in [0, 0.05) is 11.6 Å². The molecule has 2 aliphatic rings. The molecule has 1 heterocycles. The summed E-state index contributed by atoms with van der Waals surface area (Å²) < 4.78 is 14.3. The number of rotatable bonds is 5. The number of carbonyl (C=O) groups is 1. The summed E-state index contributed by atoms with van der Waals surface area (Å²) in [6, 6.07) is 8.05. The summed E-state index contributed by atoms with van der Waals surface area (Å²) in [7, 11) is 0. The van der Waals surface area contributed by atoms with Gasteiger partial charge in [-0.25, -0.2) is 14.4 Å². The fraction of sp³-hybridized carbons (Fsp3) is 0.450. The normalized spacial score (nSPS) is 22.8. The molecule has 2 aromatic rings. The number of carboxylic acids is 1. The van der Waals surface area contributed by atoms with Crippen molar-refractivity contribution in [3.05, 3.63) is 41.8 Å². The van der Waals surface area contributed by atoms with Crippen LogP contribution in [0.3, 0.4) is 0 Å². The second-order valence-corrected chi connectivity index (χ2v) is 7.32. The number of nitrogens with zero attached hydrogens (tertiary/aromatic N) is 2. The van der Waals surface area contributed by atoms with E-state index >= 15 is 0 Å². The largest absolute Gasteiger partial charge is 0.481 e. The molecule has 2 aliphatic carbocycles. The molecule has 1 aromatic heterocycles. The van der Waals surface area contributed by atoms with E-state index in [0.717, 1.165) is 18.4 Å². The average Bonchev–Trinajstić information content (AvgIpc) is 3.49. The van der Waals surface area contributed by atoms with Gasteiger partial charge < -0.3 is 10.4 Å². The first-order chi connectivity index (χ1) is 12.6. The molecule has 4 rings (SSSR count). The van der Waals surface area contributed by atoms with Gasteiger partial charge in [0.25, 0.3) is 0 Å². The van der Waals surface area contributed by atoms with Gasteiger partial charge in [0.05, 0.1) is 12.1 Å². The Morgan fingerprint density at radius 3 is 2.62 bits per heavy atom. The van der Waals surface area contributed by atoms with Gasteiger partial charge in [-0.15, -0.1) is 0 Å². The van der Waals surface area contributed by atoms with Gasteiger partial charge in [0.1, 0.15) is 5.69 Å². The molecule has 2 fully saturated rings. The average molecular weight is 355 g/mol. The summed E-state index contributed by atoms with van der Waals surface area (Å²) in [5.74, 6) is -0.417. The monoisotopic (exact) mass is 355 g/mol. The smallest absolute Gasteiger partial charge is 0.306 e. The van der Waals surface area contributed by atoms with E-state index in [1.54, 1.807) is 0 Å². The standard InChI is InChI=1S/C20H22FN3O2/c21-17-11-22-20(23-16-8-6-13(7-9-16)19(25)26)24-18(17)15-3-1-2-14(10-15)12-4-5-12/h1-3,10-13,16H,4-9H2,(H,25,26)(H,22,23,24). The summed E-state index contributed by atoms with van der Waals surface area (Å²) in [6.07, 6.45) is 6.39. The van der Waals surface area contributed by atoms with Crippen LogP contribution in [0.2, 0.25) is 0 Å². The topological polar surface area (TPSA) is 75.1 Å². The zero-order valence-electron chi connectivity index (χ0n) is 14.5. The lowest BCUT2D eigenvalue weighted by Gasteiger charge is -2.26. The molecule has 0 unspecified atom stereocenters. The Hall–Kier alpha value is -2.50. The predicted octanol–water partition coefficient (Wildman–Crippen LogP) is 4.22. The summed E-state index contributed by atoms with van der Waals surface area (Å²) in [6.45, 7) is 0. The van der Waals surface area contributed by atoms with Gasteiger partial charge in [0.2, 0.25) is 5.95 Å². The lowest BCUT2D eigenvalue weighted by atomic mass is 9.86. The quantitative estimate of drug-likeness (QED) is 0.840. The molecule has 0 aliphatic heterocycles. The number of anilines is 1. The van der Waals surface area contributed by atoms with Crippen LogP contribution in [-0.4, -0.2) is 27.1 Å². The maximum Gasteiger partial charge on any atom is 0.306 e. The van der Waals surface area contributed by atoms with Crippen molar-refractivity contribution in [2.45, 2.75) is 50.5 Å². The fourth-order valence-corrected chi connectivity index (χ4v) is 3.66. The SMILES string of the molecule is O=C(O)C1CCC(Nc2ncc(F)c(-c3cccc(C4CC4)c3)n2)CC1. The van der Waals surface area contributed by atoms with Crippen LogP contribution >= 0.6 is 0 Å². The molecule has 1 aromatic carbocycles. The van der Waals surface area contributed by atoms with Crippen molar-refractivity contribution in [3.8, 4) is 11.3 Å². The minimum absolute atomic E-state index is 0.127. The van der Waals surface area contributed by atoms with Crippen molar-refractivity contribution in [1.29, 1.82) is 0 Å². The third-order valence-electron chi connectivity index (χ3n) is 5.36. The molecule has 26 heavy (non-hydrogen) atoms. The molecule has 136 valence electrons. The van der Waals surface area contributed by atoms with Crippen LogP contribution in [0.25, 0.3) is 11.3 Å². The summed E-state index contributed by atoms with van der Waals surface area (Å²) >= 11 is 0. The molecular weight excluding hydrogens is 333 g/mol. The van der Waals surface area contributed by atoms with Crippen LogP contribution in [0.1, 0.15) is 50.0 Å². The first kappa shape index (κ1) is 16.9. The maximum atomic E-state index is 14.3. The molecule has 2 N–H and O–H groups in total. The molecule has 0 saturated heterocycles. The number of hydrogen-bond donors (Lipinski definition) is 2. The molecule has 5 nitrogen and oxygen atoms in total. The van der Waals surface area contributed by atoms with Gasteiger partial charge in [-0.2, -0.15) is 0 Å². The zero-order chi connectivity index (χ0) is 18.1. The molecule has 0 spiro atoms. The summed E-state index contributed by atoms with van der Waals surface area (Å²) in [5.41, 5.74) is 2.32. The Bertz CT molecular complexity index is 814. The van der Waals surface area contributed by atoms with Crippen molar-refractivity contribution >= 4 is 11.9 Å². The second kappa shape index (κ2) is 7.02. The Labute approximate surface area is 151 Å². The van der Waals surface area contributed by atoms with Gasteiger partial charge in [-0.1, -0.05) is 18.2 Å². The molecular formula is C20H22FN3O2. The number of halogens is 1. The highest BCUT2D eigenvalue weighted by molar-refractivity contribution is 5.70. The number of carboxylic acid groups (broad SMARTS) is 1. The molecule has 0 radical (unpaired) electrons.